The van der Waals surface area contributed by atoms with E-state index < -0.39 is 15.6 Å². The molecular weight excluding hydrogens is 602 g/mol. The van der Waals surface area contributed by atoms with Crippen LogP contribution in [0.4, 0.5) is 0 Å². The molecule has 11 heteroatoms. The second-order valence-electron chi connectivity index (χ2n) is 13.9. The Labute approximate surface area is 268 Å². The van der Waals surface area contributed by atoms with Gasteiger partial charge in [-0.2, -0.15) is 0 Å². The third kappa shape index (κ3) is 23.6. The zero-order valence-electron chi connectivity index (χ0n) is 28.6. The molecule has 9 nitrogen and oxygen atoms in total. The van der Waals surface area contributed by atoms with E-state index in [0.29, 0.717) is 5.56 Å². The molecule has 0 fully saturated rings. The summed E-state index contributed by atoms with van der Waals surface area (Å²) in [4.78, 5) is 34.7. The van der Waals surface area contributed by atoms with Crippen LogP contribution in [0.3, 0.4) is 0 Å². The van der Waals surface area contributed by atoms with Crippen LogP contribution in [0.15, 0.2) is 12.1 Å². The molecule has 5 N–H and O–H groups in total. The lowest BCUT2D eigenvalue weighted by Gasteiger charge is -2.28. The lowest BCUT2D eigenvalue weighted by atomic mass is 9.78. The van der Waals surface area contributed by atoms with Crippen molar-refractivity contribution in [2.45, 2.75) is 169 Å². The number of hydrogen-bond donors (Lipinski definition) is 5. The highest BCUT2D eigenvalue weighted by Gasteiger charge is 2.27. The molecule has 1 rings (SSSR count). The highest BCUT2D eigenvalue weighted by Crippen LogP contribution is 2.42. The predicted octanol–water partition coefficient (Wildman–Crippen LogP) is 9.95. The summed E-state index contributed by atoms with van der Waals surface area (Å²) in [5.41, 5.74) is 1.52. The molecule has 44 heavy (non-hydrogen) atoms. The van der Waals surface area contributed by atoms with Crippen LogP contribution >= 0.6 is 15.6 Å². The highest BCUT2D eigenvalue weighted by molar-refractivity contribution is 7.46. The van der Waals surface area contributed by atoms with Crippen LogP contribution < -0.4 is 0 Å². The number of phenols is 1. The summed E-state index contributed by atoms with van der Waals surface area (Å²) in [6.45, 7) is 14.1. The number of phenolic OH excluding ortho intramolecular Hbond substituents is 1. The summed E-state index contributed by atoms with van der Waals surface area (Å²) >= 11 is 0. The van der Waals surface area contributed by atoms with E-state index in [-0.39, 0.29) is 29.8 Å². The van der Waals surface area contributed by atoms with E-state index in [2.05, 4.69) is 16.0 Å². The first kappa shape index (κ1) is 43.2. The number of phosphoric acid groups is 2. The SMILES string of the molecule is CC(C)(C)c1cc(COP(=O)(O)O)cc(C(C)(C)C)c1O.CCCCCCCCCCCCCCCCCCOP(=O)(O)O. The van der Waals surface area contributed by atoms with Crippen molar-refractivity contribution in [3.63, 3.8) is 0 Å². The first-order valence-electron chi connectivity index (χ1n) is 16.5. The molecule has 0 spiro atoms. The van der Waals surface area contributed by atoms with Gasteiger partial charge in [0.1, 0.15) is 5.75 Å². The van der Waals surface area contributed by atoms with Gasteiger partial charge in [-0.1, -0.05) is 145 Å². The van der Waals surface area contributed by atoms with Crippen molar-refractivity contribution >= 4 is 15.6 Å². The van der Waals surface area contributed by atoms with Crippen molar-refractivity contribution in [3.8, 4) is 5.75 Å². The van der Waals surface area contributed by atoms with E-state index in [4.69, 9.17) is 19.6 Å². The van der Waals surface area contributed by atoms with Crippen molar-refractivity contribution in [2.75, 3.05) is 6.61 Å². The van der Waals surface area contributed by atoms with E-state index >= 15 is 0 Å². The van der Waals surface area contributed by atoms with E-state index in [9.17, 15) is 14.2 Å². The molecule has 0 saturated carbocycles. The molecule has 1 aromatic rings. The Kier molecular flexibility index (Phi) is 21.5. The molecular formula is C33H64O9P2. The minimum absolute atomic E-state index is 0.169. The minimum Gasteiger partial charge on any atom is -0.507 e. The Morgan fingerprint density at radius 2 is 0.886 bits per heavy atom. The second-order valence-corrected chi connectivity index (χ2v) is 16.4. The molecule has 0 aliphatic carbocycles. The van der Waals surface area contributed by atoms with E-state index in [1.54, 1.807) is 12.1 Å². The molecule has 0 aromatic heterocycles. The van der Waals surface area contributed by atoms with Gasteiger partial charge in [-0.15, -0.1) is 0 Å². The summed E-state index contributed by atoms with van der Waals surface area (Å²) in [7, 11) is -8.77. The standard InChI is InChI=1S/C18H39O4P.C15H25O5P/c1-2-3-4-5-6-7-8-9-10-11-12-13-14-15-16-17-18-22-23(19,20)21;1-14(2,3)11-7-10(9-20-21(17,18)19)8-12(13(11)16)15(4,5)6/h2-18H2,1H3,(H2,19,20,21);7-8,16H,9H2,1-6H3,(H2,17,18,19). The first-order valence-corrected chi connectivity index (χ1v) is 19.6. The first-order chi connectivity index (χ1) is 20.3. The molecule has 260 valence electrons. The molecule has 0 amide bonds. The van der Waals surface area contributed by atoms with Crippen LogP contribution in [0.2, 0.25) is 0 Å². The highest BCUT2D eigenvalue weighted by atomic mass is 31.2. The third-order valence-electron chi connectivity index (χ3n) is 7.44. The molecule has 0 saturated heterocycles. The maximum Gasteiger partial charge on any atom is 0.469 e. The van der Waals surface area contributed by atoms with Gasteiger partial charge in [0, 0.05) is 0 Å². The zero-order chi connectivity index (χ0) is 33.9. The van der Waals surface area contributed by atoms with E-state index in [1.165, 1.54) is 83.5 Å². The Morgan fingerprint density at radius 3 is 1.18 bits per heavy atom. The van der Waals surface area contributed by atoms with Gasteiger partial charge in [-0.05, 0) is 46.1 Å². The molecule has 0 unspecified atom stereocenters. The zero-order valence-corrected chi connectivity index (χ0v) is 30.4. The number of benzene rings is 1. The van der Waals surface area contributed by atoms with Crippen LogP contribution in [0.1, 0.15) is 168 Å². The third-order valence-corrected chi connectivity index (χ3v) is 8.43. The molecule has 0 heterocycles. The molecule has 0 atom stereocenters. The summed E-state index contributed by atoms with van der Waals surface area (Å²) in [6, 6.07) is 3.47. The molecule has 0 bridgehead atoms. The van der Waals surface area contributed by atoms with Gasteiger partial charge in [-0.25, -0.2) is 9.13 Å². The second kappa shape index (κ2) is 21.9. The molecule has 0 radical (unpaired) electrons. The Hall–Kier alpha value is -0.760. The Bertz CT molecular complexity index is 953. The summed E-state index contributed by atoms with van der Waals surface area (Å²) in [5, 5.41) is 10.5. The van der Waals surface area contributed by atoms with Crippen molar-refractivity contribution in [1.29, 1.82) is 0 Å². The van der Waals surface area contributed by atoms with Gasteiger partial charge in [-0.3, -0.25) is 9.05 Å². The predicted molar refractivity (Wildman–Crippen MR) is 180 cm³/mol. The van der Waals surface area contributed by atoms with Crippen LogP contribution in [-0.4, -0.2) is 31.3 Å². The van der Waals surface area contributed by atoms with Crippen LogP contribution in [-0.2, 0) is 35.6 Å². The normalized spacial score (nSPS) is 12.7. The minimum atomic E-state index is -4.52. The van der Waals surface area contributed by atoms with Gasteiger partial charge < -0.3 is 24.7 Å². The molecule has 1 aromatic carbocycles. The van der Waals surface area contributed by atoms with Crippen molar-refractivity contribution in [2.24, 2.45) is 0 Å². The van der Waals surface area contributed by atoms with Crippen molar-refractivity contribution in [1.82, 2.24) is 0 Å². The summed E-state index contributed by atoms with van der Waals surface area (Å²) in [5.74, 6) is 0.231. The summed E-state index contributed by atoms with van der Waals surface area (Å²) in [6.07, 6.45) is 20.7. The molecule has 0 aliphatic rings. The summed E-state index contributed by atoms with van der Waals surface area (Å²) < 4.78 is 30.3. The fourth-order valence-corrected chi connectivity index (χ4v) is 5.60. The smallest absolute Gasteiger partial charge is 0.469 e. The van der Waals surface area contributed by atoms with E-state index in [0.717, 1.165) is 30.4 Å². The van der Waals surface area contributed by atoms with Crippen LogP contribution in [0, 0.1) is 0 Å². The molecule has 0 aliphatic heterocycles. The Balaban J connectivity index is 0.000000843. The quantitative estimate of drug-likeness (QED) is 0.0637. The van der Waals surface area contributed by atoms with Gasteiger partial charge >= 0.3 is 15.6 Å². The number of rotatable bonds is 21. The number of unbranched alkanes of at least 4 members (excludes halogenated alkanes) is 15. The number of aromatic hydroxyl groups is 1. The number of hydrogen-bond acceptors (Lipinski definition) is 5. The van der Waals surface area contributed by atoms with Gasteiger partial charge in [0.2, 0.25) is 0 Å². The maximum atomic E-state index is 10.9. The van der Waals surface area contributed by atoms with Gasteiger partial charge in [0.15, 0.2) is 0 Å². The topological polar surface area (TPSA) is 154 Å². The number of phosphoric ester groups is 2. The average Bonchev–Trinajstić information content (AvgIpc) is 2.88. The van der Waals surface area contributed by atoms with Crippen molar-refractivity contribution in [3.05, 3.63) is 28.8 Å². The lowest BCUT2D eigenvalue weighted by molar-refractivity contribution is 0.188. The van der Waals surface area contributed by atoms with E-state index in [1.807, 2.05) is 41.5 Å². The van der Waals surface area contributed by atoms with Crippen LogP contribution in [0.5, 0.6) is 5.75 Å². The fraction of sp³-hybridized carbons (Fsp3) is 0.818. The monoisotopic (exact) mass is 666 g/mol. The fourth-order valence-electron chi connectivity index (χ4n) is 4.91. The van der Waals surface area contributed by atoms with Crippen molar-refractivity contribution < 1.29 is 42.9 Å². The van der Waals surface area contributed by atoms with Crippen LogP contribution in [0.25, 0.3) is 0 Å². The lowest BCUT2D eigenvalue weighted by Crippen LogP contribution is -2.18. The average molecular weight is 667 g/mol. The van der Waals surface area contributed by atoms with Gasteiger partial charge in [0.25, 0.3) is 0 Å². The van der Waals surface area contributed by atoms with Gasteiger partial charge in [0.05, 0.1) is 13.2 Å². The maximum absolute atomic E-state index is 10.9. The Morgan fingerprint density at radius 1 is 0.568 bits per heavy atom. The largest absolute Gasteiger partial charge is 0.507 e.